The largest absolute Gasteiger partial charge is 0.454 e. The number of benzene rings is 2. The Balaban J connectivity index is 1.69. The molecule has 0 fully saturated rings. The van der Waals surface area contributed by atoms with E-state index in [9.17, 15) is 13.9 Å². The van der Waals surface area contributed by atoms with Crippen LogP contribution in [-0.2, 0) is 0 Å². The highest BCUT2D eigenvalue weighted by molar-refractivity contribution is 5.47. The summed E-state index contributed by atoms with van der Waals surface area (Å²) in [7, 11) is 0. The van der Waals surface area contributed by atoms with Gasteiger partial charge >= 0.3 is 0 Å². The Bertz CT molecular complexity index is 663. The summed E-state index contributed by atoms with van der Waals surface area (Å²) in [4.78, 5) is 0. The van der Waals surface area contributed by atoms with Crippen molar-refractivity contribution in [3.63, 3.8) is 0 Å². The molecule has 1 unspecified atom stereocenters. The van der Waals surface area contributed by atoms with E-state index in [0.717, 1.165) is 6.07 Å². The van der Waals surface area contributed by atoms with Crippen molar-refractivity contribution < 1.29 is 23.4 Å². The van der Waals surface area contributed by atoms with E-state index >= 15 is 0 Å². The fraction of sp³-hybridized carbons (Fsp3) is 0.200. The third kappa shape index (κ3) is 2.75. The second-order valence-corrected chi connectivity index (χ2v) is 4.61. The van der Waals surface area contributed by atoms with Crippen LogP contribution in [0.5, 0.6) is 11.5 Å². The summed E-state index contributed by atoms with van der Waals surface area (Å²) in [6, 6.07) is 8.90. The van der Waals surface area contributed by atoms with E-state index in [0.29, 0.717) is 17.1 Å². The quantitative estimate of drug-likeness (QED) is 0.910. The first-order valence-corrected chi connectivity index (χ1v) is 6.40. The van der Waals surface area contributed by atoms with E-state index in [1.807, 2.05) is 0 Å². The summed E-state index contributed by atoms with van der Waals surface area (Å²) in [6.07, 6.45) is -0.887. The number of nitrogens with one attached hydrogen (secondary N) is 1. The van der Waals surface area contributed by atoms with Gasteiger partial charge in [0, 0.05) is 6.54 Å². The molecule has 0 bridgehead atoms. The number of hydrogen-bond donors (Lipinski definition) is 2. The molecular weight excluding hydrogens is 280 g/mol. The highest BCUT2D eigenvalue weighted by Crippen LogP contribution is 2.34. The molecule has 2 aromatic rings. The van der Waals surface area contributed by atoms with Gasteiger partial charge in [-0.15, -0.1) is 0 Å². The molecular formula is C15H13F2NO3. The van der Waals surface area contributed by atoms with Gasteiger partial charge in [0.2, 0.25) is 6.79 Å². The molecule has 0 amide bonds. The number of anilines is 1. The lowest BCUT2D eigenvalue weighted by Crippen LogP contribution is -2.13. The molecule has 21 heavy (non-hydrogen) atoms. The van der Waals surface area contributed by atoms with E-state index in [4.69, 9.17) is 9.47 Å². The van der Waals surface area contributed by atoms with Crippen LogP contribution in [0.3, 0.4) is 0 Å². The van der Waals surface area contributed by atoms with Crippen molar-refractivity contribution in [3.8, 4) is 11.5 Å². The maximum atomic E-state index is 13.5. The molecule has 0 aromatic heterocycles. The molecule has 0 aliphatic carbocycles. The highest BCUT2D eigenvalue weighted by Gasteiger charge is 2.17. The standard InChI is InChI=1S/C15H13F2NO3/c16-10-2-1-3-11(15(10)17)18-7-12(19)9-4-5-13-14(6-9)21-8-20-13/h1-6,12,18-19H,7-8H2. The fourth-order valence-electron chi connectivity index (χ4n) is 2.09. The molecule has 6 heteroatoms. The molecule has 1 aliphatic rings. The second-order valence-electron chi connectivity index (χ2n) is 4.61. The molecule has 4 nitrogen and oxygen atoms in total. The Hall–Kier alpha value is -2.34. The Labute approximate surface area is 119 Å². The molecule has 1 heterocycles. The molecule has 2 N–H and O–H groups in total. The Morgan fingerprint density at radius 2 is 1.95 bits per heavy atom. The summed E-state index contributed by atoms with van der Waals surface area (Å²) in [5.41, 5.74) is 0.610. The zero-order chi connectivity index (χ0) is 14.8. The van der Waals surface area contributed by atoms with Gasteiger partial charge < -0.3 is 19.9 Å². The zero-order valence-electron chi connectivity index (χ0n) is 11.0. The molecule has 0 saturated heterocycles. The topological polar surface area (TPSA) is 50.7 Å². The predicted molar refractivity (Wildman–Crippen MR) is 72.4 cm³/mol. The third-order valence-electron chi connectivity index (χ3n) is 3.22. The van der Waals surface area contributed by atoms with Gasteiger partial charge in [-0.1, -0.05) is 12.1 Å². The summed E-state index contributed by atoms with van der Waals surface area (Å²) in [5.74, 6) is -0.716. The summed E-state index contributed by atoms with van der Waals surface area (Å²) in [6.45, 7) is 0.196. The number of aliphatic hydroxyl groups is 1. The number of aliphatic hydroxyl groups excluding tert-OH is 1. The van der Waals surface area contributed by atoms with Gasteiger partial charge in [-0.05, 0) is 29.8 Å². The Kier molecular flexibility index (Phi) is 3.62. The van der Waals surface area contributed by atoms with Crippen LogP contribution < -0.4 is 14.8 Å². The maximum absolute atomic E-state index is 13.5. The van der Waals surface area contributed by atoms with Crippen molar-refractivity contribution in [1.29, 1.82) is 0 Å². The average molecular weight is 293 g/mol. The van der Waals surface area contributed by atoms with Crippen molar-refractivity contribution in [2.24, 2.45) is 0 Å². The van der Waals surface area contributed by atoms with Crippen LogP contribution in [0.4, 0.5) is 14.5 Å². The lowest BCUT2D eigenvalue weighted by atomic mass is 10.1. The van der Waals surface area contributed by atoms with Gasteiger partial charge in [-0.2, -0.15) is 0 Å². The molecule has 110 valence electrons. The van der Waals surface area contributed by atoms with Crippen molar-refractivity contribution >= 4 is 5.69 Å². The molecule has 0 radical (unpaired) electrons. The van der Waals surface area contributed by atoms with Crippen molar-refractivity contribution in [2.45, 2.75) is 6.10 Å². The van der Waals surface area contributed by atoms with Crippen LogP contribution in [-0.4, -0.2) is 18.4 Å². The first-order chi connectivity index (χ1) is 10.1. The van der Waals surface area contributed by atoms with Crippen LogP contribution in [0.1, 0.15) is 11.7 Å². The van der Waals surface area contributed by atoms with Crippen LogP contribution in [0.25, 0.3) is 0 Å². The second kappa shape index (κ2) is 5.57. The zero-order valence-corrected chi connectivity index (χ0v) is 11.0. The Morgan fingerprint density at radius 1 is 1.14 bits per heavy atom. The summed E-state index contributed by atoms with van der Waals surface area (Å²) >= 11 is 0. The first-order valence-electron chi connectivity index (χ1n) is 6.40. The lowest BCUT2D eigenvalue weighted by Gasteiger charge is -2.14. The highest BCUT2D eigenvalue weighted by atomic mass is 19.2. The number of ether oxygens (including phenoxy) is 2. The van der Waals surface area contributed by atoms with Crippen molar-refractivity contribution in [1.82, 2.24) is 0 Å². The molecule has 3 rings (SSSR count). The predicted octanol–water partition coefficient (Wildman–Crippen LogP) is 2.84. The summed E-state index contributed by atoms with van der Waals surface area (Å²) < 4.78 is 37.0. The van der Waals surface area contributed by atoms with Gasteiger partial charge in [0.15, 0.2) is 23.1 Å². The number of halogens is 2. The third-order valence-corrected chi connectivity index (χ3v) is 3.22. The van der Waals surface area contributed by atoms with Crippen LogP contribution >= 0.6 is 0 Å². The minimum Gasteiger partial charge on any atom is -0.454 e. The van der Waals surface area contributed by atoms with E-state index in [-0.39, 0.29) is 19.0 Å². The monoisotopic (exact) mass is 293 g/mol. The van der Waals surface area contributed by atoms with Gasteiger partial charge in [-0.25, -0.2) is 8.78 Å². The number of rotatable bonds is 4. The van der Waals surface area contributed by atoms with Gasteiger partial charge in [0.1, 0.15) is 0 Å². The SMILES string of the molecule is OC(CNc1cccc(F)c1F)c1ccc2c(c1)OCO2. The molecule has 2 aromatic carbocycles. The molecule has 1 atom stereocenters. The van der Waals surface area contributed by atoms with E-state index in [1.165, 1.54) is 12.1 Å². The van der Waals surface area contributed by atoms with Crippen LogP contribution in [0.15, 0.2) is 36.4 Å². The van der Waals surface area contributed by atoms with Crippen molar-refractivity contribution in [3.05, 3.63) is 53.6 Å². The van der Waals surface area contributed by atoms with Crippen molar-refractivity contribution in [2.75, 3.05) is 18.7 Å². The maximum Gasteiger partial charge on any atom is 0.231 e. The molecule has 0 saturated carbocycles. The van der Waals surface area contributed by atoms with Gasteiger partial charge in [-0.3, -0.25) is 0 Å². The first kappa shape index (κ1) is 13.6. The smallest absolute Gasteiger partial charge is 0.231 e. The van der Waals surface area contributed by atoms with Gasteiger partial charge in [0.25, 0.3) is 0 Å². The molecule has 1 aliphatic heterocycles. The lowest BCUT2D eigenvalue weighted by molar-refractivity contribution is 0.173. The van der Waals surface area contributed by atoms with E-state index in [1.54, 1.807) is 18.2 Å². The van der Waals surface area contributed by atoms with E-state index in [2.05, 4.69) is 5.32 Å². The van der Waals surface area contributed by atoms with Crippen LogP contribution in [0, 0.1) is 11.6 Å². The van der Waals surface area contributed by atoms with Crippen LogP contribution in [0.2, 0.25) is 0 Å². The summed E-state index contributed by atoms with van der Waals surface area (Å²) in [5, 5.41) is 12.8. The number of hydrogen-bond acceptors (Lipinski definition) is 4. The average Bonchev–Trinajstić information content (AvgIpc) is 2.96. The normalized spacial score (nSPS) is 14.0. The Morgan fingerprint density at radius 3 is 2.81 bits per heavy atom. The minimum absolute atomic E-state index is 0.00907. The minimum atomic E-state index is -0.963. The van der Waals surface area contributed by atoms with E-state index < -0.39 is 17.7 Å². The van der Waals surface area contributed by atoms with Gasteiger partial charge in [0.05, 0.1) is 11.8 Å². The molecule has 0 spiro atoms. The fourth-order valence-corrected chi connectivity index (χ4v) is 2.09. The number of fused-ring (bicyclic) bond motifs is 1.